The van der Waals surface area contributed by atoms with E-state index in [4.69, 9.17) is 4.74 Å². The average Bonchev–Trinajstić information content (AvgIpc) is 3.06. The molecule has 3 aromatic rings. The first kappa shape index (κ1) is 19.6. The summed E-state index contributed by atoms with van der Waals surface area (Å²) in [6.45, 7) is 9.05. The van der Waals surface area contributed by atoms with Gasteiger partial charge in [0.2, 0.25) is 0 Å². The van der Waals surface area contributed by atoms with Crippen LogP contribution in [0, 0.1) is 6.92 Å². The predicted molar refractivity (Wildman–Crippen MR) is 106 cm³/mol. The Balaban J connectivity index is 2.41. The molecule has 0 aliphatic heterocycles. The molecule has 1 aromatic carbocycles. The van der Waals surface area contributed by atoms with Crippen molar-refractivity contribution >= 4 is 17.1 Å². The highest BCUT2D eigenvalue weighted by molar-refractivity contribution is 5.79. The maximum Gasteiger partial charge on any atom is 0.337 e. The number of aryl methyl sites for hydroxylation is 1. The van der Waals surface area contributed by atoms with Gasteiger partial charge in [0.1, 0.15) is 6.04 Å². The van der Waals surface area contributed by atoms with E-state index in [0.29, 0.717) is 5.69 Å². The number of carbonyl (C=O) groups is 1. The molecule has 0 aliphatic carbocycles. The fourth-order valence-corrected chi connectivity index (χ4v) is 3.25. The Morgan fingerprint density at radius 2 is 1.93 bits per heavy atom. The van der Waals surface area contributed by atoms with Crippen LogP contribution < -0.4 is 11.2 Å². The van der Waals surface area contributed by atoms with Gasteiger partial charge in [-0.3, -0.25) is 9.36 Å². The number of carbonyl (C=O) groups excluding carboxylic acids is 1. The average molecular weight is 384 g/mol. The largest absolute Gasteiger partial charge is 0.464 e. The summed E-state index contributed by atoms with van der Waals surface area (Å²) in [5.41, 5.74) is 1.04. The number of nitrogens with zero attached hydrogens (tertiary/aromatic N) is 4. The van der Waals surface area contributed by atoms with Gasteiger partial charge in [-0.2, -0.15) is 0 Å². The second-order valence-corrected chi connectivity index (χ2v) is 6.98. The molecule has 0 fully saturated rings. The minimum atomic E-state index is -0.748. The lowest BCUT2D eigenvalue weighted by molar-refractivity contribution is -0.146. The second kappa shape index (κ2) is 7.46. The number of ether oxygens (including phenoxy) is 1. The van der Waals surface area contributed by atoms with Crippen LogP contribution >= 0.6 is 0 Å². The van der Waals surface area contributed by atoms with Crippen LogP contribution in [0.1, 0.15) is 45.3 Å². The summed E-state index contributed by atoms with van der Waals surface area (Å²) >= 11 is 0. The SMILES string of the molecule is CCOC(=O)C(C)n1cnc2c1c(=O)n(C(C)C)c(=O)n2-c1cccc(C)c1. The molecule has 28 heavy (non-hydrogen) atoms. The van der Waals surface area contributed by atoms with E-state index in [1.54, 1.807) is 33.8 Å². The van der Waals surface area contributed by atoms with E-state index in [0.717, 1.165) is 5.56 Å². The molecule has 0 saturated heterocycles. The molecular formula is C20H24N4O4. The fourth-order valence-electron chi connectivity index (χ4n) is 3.25. The summed E-state index contributed by atoms with van der Waals surface area (Å²) in [5.74, 6) is -0.467. The Bertz CT molecular complexity index is 1150. The Hall–Kier alpha value is -3.16. The van der Waals surface area contributed by atoms with Gasteiger partial charge in [-0.05, 0) is 52.3 Å². The molecule has 2 heterocycles. The summed E-state index contributed by atoms with van der Waals surface area (Å²) in [6, 6.07) is 6.29. The predicted octanol–water partition coefficient (Wildman–Crippen LogP) is 2.36. The normalized spacial score (nSPS) is 12.5. The van der Waals surface area contributed by atoms with E-state index in [1.807, 2.05) is 25.1 Å². The molecule has 0 bridgehead atoms. The van der Waals surface area contributed by atoms with Crippen LogP contribution in [0.2, 0.25) is 0 Å². The number of hydrogen-bond acceptors (Lipinski definition) is 5. The van der Waals surface area contributed by atoms with Gasteiger partial charge in [0.25, 0.3) is 5.56 Å². The van der Waals surface area contributed by atoms with Crippen molar-refractivity contribution in [1.82, 2.24) is 18.7 Å². The van der Waals surface area contributed by atoms with Crippen LogP contribution in [-0.4, -0.2) is 31.3 Å². The molecular weight excluding hydrogens is 360 g/mol. The van der Waals surface area contributed by atoms with Crippen molar-refractivity contribution in [3.63, 3.8) is 0 Å². The van der Waals surface area contributed by atoms with Crippen molar-refractivity contribution < 1.29 is 9.53 Å². The van der Waals surface area contributed by atoms with E-state index in [9.17, 15) is 14.4 Å². The van der Waals surface area contributed by atoms with Crippen molar-refractivity contribution in [2.24, 2.45) is 0 Å². The van der Waals surface area contributed by atoms with Gasteiger partial charge in [0.05, 0.1) is 18.6 Å². The van der Waals surface area contributed by atoms with Crippen LogP contribution in [0.25, 0.3) is 16.9 Å². The lowest BCUT2D eigenvalue weighted by Crippen LogP contribution is -2.41. The van der Waals surface area contributed by atoms with Crippen molar-refractivity contribution in [3.05, 3.63) is 57.0 Å². The molecule has 8 heteroatoms. The van der Waals surface area contributed by atoms with Gasteiger partial charge in [-0.1, -0.05) is 12.1 Å². The number of hydrogen-bond donors (Lipinski definition) is 0. The molecule has 0 spiro atoms. The van der Waals surface area contributed by atoms with Gasteiger partial charge in [0, 0.05) is 6.04 Å². The minimum absolute atomic E-state index is 0.190. The Morgan fingerprint density at radius 1 is 1.21 bits per heavy atom. The highest BCUT2D eigenvalue weighted by Crippen LogP contribution is 2.19. The van der Waals surface area contributed by atoms with E-state index in [2.05, 4.69) is 4.98 Å². The quantitative estimate of drug-likeness (QED) is 0.630. The summed E-state index contributed by atoms with van der Waals surface area (Å²) in [6.07, 6.45) is 1.41. The van der Waals surface area contributed by atoms with Crippen LogP contribution in [0.4, 0.5) is 0 Å². The van der Waals surface area contributed by atoms with Crippen LogP contribution in [0.5, 0.6) is 0 Å². The summed E-state index contributed by atoms with van der Waals surface area (Å²) in [4.78, 5) is 42.9. The summed E-state index contributed by atoms with van der Waals surface area (Å²) < 4.78 is 9.15. The van der Waals surface area contributed by atoms with Crippen molar-refractivity contribution in [2.75, 3.05) is 6.61 Å². The molecule has 1 unspecified atom stereocenters. The van der Waals surface area contributed by atoms with Crippen LogP contribution in [0.3, 0.4) is 0 Å². The van der Waals surface area contributed by atoms with E-state index in [1.165, 1.54) is 20.0 Å². The number of imidazole rings is 1. The lowest BCUT2D eigenvalue weighted by atomic mass is 10.2. The number of fused-ring (bicyclic) bond motifs is 1. The summed E-state index contributed by atoms with van der Waals surface area (Å²) in [5, 5.41) is 0. The molecule has 3 rings (SSSR count). The van der Waals surface area contributed by atoms with E-state index >= 15 is 0 Å². The molecule has 8 nitrogen and oxygen atoms in total. The number of benzene rings is 1. The first-order valence-electron chi connectivity index (χ1n) is 9.25. The second-order valence-electron chi connectivity index (χ2n) is 6.98. The number of esters is 1. The molecule has 0 amide bonds. The molecule has 1 atom stereocenters. The zero-order valence-corrected chi connectivity index (χ0v) is 16.7. The molecule has 0 aliphatic rings. The zero-order valence-electron chi connectivity index (χ0n) is 16.7. The molecule has 148 valence electrons. The Labute approximate surface area is 162 Å². The third-order valence-electron chi connectivity index (χ3n) is 4.63. The van der Waals surface area contributed by atoms with Gasteiger partial charge >= 0.3 is 11.7 Å². The third-order valence-corrected chi connectivity index (χ3v) is 4.63. The van der Waals surface area contributed by atoms with Crippen molar-refractivity contribution in [1.29, 1.82) is 0 Å². The number of rotatable bonds is 5. The molecule has 0 saturated carbocycles. The van der Waals surface area contributed by atoms with Gasteiger partial charge in [0.15, 0.2) is 11.2 Å². The van der Waals surface area contributed by atoms with Gasteiger partial charge in [-0.15, -0.1) is 0 Å². The Morgan fingerprint density at radius 3 is 2.54 bits per heavy atom. The topological polar surface area (TPSA) is 88.1 Å². The smallest absolute Gasteiger partial charge is 0.337 e. The standard InChI is InChI=1S/C20H24N4O4/c1-6-28-19(26)14(5)22-11-21-17-16(22)18(25)23(12(2)3)20(27)24(17)15-9-7-8-13(4)10-15/h7-12,14H,6H2,1-5H3. The van der Waals surface area contributed by atoms with E-state index in [-0.39, 0.29) is 23.8 Å². The maximum absolute atomic E-state index is 13.2. The van der Waals surface area contributed by atoms with Crippen LogP contribution in [-0.2, 0) is 9.53 Å². The third kappa shape index (κ3) is 3.15. The van der Waals surface area contributed by atoms with Crippen molar-refractivity contribution in [3.8, 4) is 5.69 Å². The summed E-state index contributed by atoms with van der Waals surface area (Å²) in [7, 11) is 0. The highest BCUT2D eigenvalue weighted by atomic mass is 16.5. The zero-order chi connectivity index (χ0) is 20.6. The highest BCUT2D eigenvalue weighted by Gasteiger charge is 2.25. The molecule has 2 aromatic heterocycles. The first-order valence-corrected chi connectivity index (χ1v) is 9.25. The minimum Gasteiger partial charge on any atom is -0.464 e. The fraction of sp³-hybridized carbons (Fsp3) is 0.400. The molecule has 0 radical (unpaired) electrons. The number of aromatic nitrogens is 4. The van der Waals surface area contributed by atoms with Crippen molar-refractivity contribution in [2.45, 2.75) is 46.7 Å². The maximum atomic E-state index is 13.2. The first-order chi connectivity index (χ1) is 13.3. The van der Waals surface area contributed by atoms with Crippen LogP contribution in [0.15, 0.2) is 40.2 Å². The van der Waals surface area contributed by atoms with Gasteiger partial charge < -0.3 is 9.30 Å². The van der Waals surface area contributed by atoms with Gasteiger partial charge in [-0.25, -0.2) is 19.1 Å². The lowest BCUT2D eigenvalue weighted by Gasteiger charge is -2.17. The van der Waals surface area contributed by atoms with E-state index < -0.39 is 23.3 Å². The Kier molecular flexibility index (Phi) is 5.22. The monoisotopic (exact) mass is 384 g/mol. The molecule has 0 N–H and O–H groups in total.